The molecule has 4 rings (SSSR count). The molecule has 0 aliphatic rings. The zero-order chi connectivity index (χ0) is 33.5. The van der Waals surface area contributed by atoms with E-state index in [4.69, 9.17) is 4.18 Å². The van der Waals surface area contributed by atoms with Gasteiger partial charge in [-0.15, -0.1) is 9.45 Å². The van der Waals surface area contributed by atoms with Gasteiger partial charge in [0.05, 0.1) is 50.5 Å². The number of phenolic OH excluding ortho intramolecular Hbond substituents is 1. The molecule has 1 heterocycles. The first-order valence-corrected chi connectivity index (χ1v) is 16.2. The molecule has 246 valence electrons. The van der Waals surface area contributed by atoms with Gasteiger partial charge >= 0.3 is 94.8 Å². The Hall–Kier alpha value is -0.660. The van der Waals surface area contributed by atoms with Crippen molar-refractivity contribution in [3.05, 3.63) is 60.6 Å². The van der Waals surface area contributed by atoms with E-state index in [0.29, 0.717) is 6.07 Å². The fourth-order valence-electron chi connectivity index (χ4n) is 3.72. The second-order valence-corrected chi connectivity index (χ2v) is 13.0. The summed E-state index contributed by atoms with van der Waals surface area (Å²) in [7, 11) is -9.22. The Morgan fingerprint density at radius 3 is 2.18 bits per heavy atom. The van der Waals surface area contributed by atoms with Crippen molar-refractivity contribution in [2.75, 3.05) is 17.7 Å². The molecule has 4 aromatic rings. The van der Waals surface area contributed by atoms with E-state index in [9.17, 15) is 45.8 Å². The van der Waals surface area contributed by atoms with Gasteiger partial charge in [0, 0.05) is 16.8 Å². The molecule has 0 spiro atoms. The minimum absolute atomic E-state index is 0. The fraction of sp³-hybridized carbons (Fsp3) is 0.0909. The van der Waals surface area contributed by atoms with Crippen molar-refractivity contribution >= 4 is 78.0 Å². The molecule has 27 heteroatoms. The van der Waals surface area contributed by atoms with Gasteiger partial charge in [0.15, 0.2) is 27.9 Å². The Balaban J connectivity index is 0.00000400. The van der Waals surface area contributed by atoms with Crippen LogP contribution in [0.1, 0.15) is 0 Å². The Bertz CT molecular complexity index is 1970. The van der Waals surface area contributed by atoms with Crippen LogP contribution in [0.5, 0.6) is 5.75 Å². The number of azo groups is 1. The largest absolute Gasteiger partial charge is 1.00 e. The summed E-state index contributed by atoms with van der Waals surface area (Å²) in [5.41, 5.74) is -0.828. The maximum absolute atomic E-state index is 13.6. The van der Waals surface area contributed by atoms with Gasteiger partial charge in [-0.05, 0) is 42.5 Å². The first-order valence-electron chi connectivity index (χ1n) is 11.7. The predicted octanol–water partition coefficient (Wildman–Crippen LogP) is -6.50. The summed E-state index contributed by atoms with van der Waals surface area (Å²) in [6.45, 7) is -0.348. The number of fused-ring (bicyclic) bond motifs is 1. The Morgan fingerprint density at radius 1 is 0.898 bits per heavy atom. The molecule has 0 unspecified atom stereocenters. The van der Waals surface area contributed by atoms with Crippen molar-refractivity contribution in [3.8, 4) is 5.75 Å². The molecule has 0 aliphatic carbocycles. The maximum atomic E-state index is 13.6. The van der Waals surface area contributed by atoms with Gasteiger partial charge in [-0.25, -0.2) is 16.8 Å². The number of nitrogens with one attached hydrogen (secondary N) is 1. The summed E-state index contributed by atoms with van der Waals surface area (Å²) >= 11 is 0.297. The van der Waals surface area contributed by atoms with Crippen molar-refractivity contribution in [3.63, 3.8) is 0 Å². The van der Waals surface area contributed by atoms with E-state index in [1.54, 1.807) is 0 Å². The number of hydrogen-bond donors (Lipinski definition) is 2. The van der Waals surface area contributed by atoms with Gasteiger partial charge in [0.1, 0.15) is 21.6 Å². The van der Waals surface area contributed by atoms with Crippen LogP contribution in [-0.4, -0.2) is 48.8 Å². The maximum Gasteiger partial charge on any atom is 1.00 e. The summed E-state index contributed by atoms with van der Waals surface area (Å²) in [6.07, 6.45) is -1.49. The second kappa shape index (κ2) is 21.1. The Morgan fingerprint density at radius 2 is 1.57 bits per heavy atom. The van der Waals surface area contributed by atoms with Crippen LogP contribution in [0.15, 0.2) is 73.4 Å². The minimum Gasteiger partial charge on any atom is -0.744 e. The van der Waals surface area contributed by atoms with E-state index >= 15 is 0 Å². The molecular formula is C22H14F2N5Na3O13S4. The second-order valence-electron chi connectivity index (χ2n) is 8.29. The molecule has 18 nitrogen and oxygen atoms in total. The molecule has 0 saturated carbocycles. The van der Waals surface area contributed by atoms with E-state index in [2.05, 4.69) is 44.3 Å². The van der Waals surface area contributed by atoms with Crippen LogP contribution in [0.4, 0.5) is 31.7 Å². The third-order valence-corrected chi connectivity index (χ3v) is 9.14. The fourth-order valence-corrected chi connectivity index (χ4v) is 6.44. The van der Waals surface area contributed by atoms with Crippen LogP contribution in [0, 0.1) is 12.0 Å². The molecule has 0 saturated heterocycles. The number of phenols is 1. The minimum atomic E-state index is -5.38. The molecule has 0 aliphatic heterocycles. The molecule has 0 atom stereocenters. The van der Waals surface area contributed by atoms with Gasteiger partial charge in [-0.3, -0.25) is 14.3 Å². The van der Waals surface area contributed by atoms with E-state index in [0.717, 1.165) is 18.2 Å². The van der Waals surface area contributed by atoms with Crippen molar-refractivity contribution in [1.82, 2.24) is 9.97 Å². The topological polar surface area (TPSA) is 266 Å². The standard InChI is InChI=1S/C22H17F2N5O13S4.3Na/c23-17-10-18(27-22(24)26-17)25-15-6-5-13-14(21(15)46(35,36)37)9-16(43-41-39-31)19(20(13)30)29-28-11-1-3-12(4-2-11)45(33,34)8-7-38-44-42-40-32;;;/h1-6,9-10,30-32H,7-8H2,(H,25,26,27)(H,35,36,37);;;/q;3*+1/p-3. The van der Waals surface area contributed by atoms with Crippen LogP contribution >= 0.6 is 24.4 Å². The van der Waals surface area contributed by atoms with Crippen LogP contribution in [-0.2, 0) is 42.9 Å². The van der Waals surface area contributed by atoms with Crippen LogP contribution in [0.3, 0.4) is 0 Å². The zero-order valence-electron chi connectivity index (χ0n) is 25.1. The van der Waals surface area contributed by atoms with Gasteiger partial charge in [0.25, 0.3) is 0 Å². The molecular weight excluding hydrogens is 777 g/mol. The third-order valence-electron chi connectivity index (χ3n) is 5.52. The predicted molar refractivity (Wildman–Crippen MR) is 145 cm³/mol. The van der Waals surface area contributed by atoms with Gasteiger partial charge in [0.2, 0.25) is 5.95 Å². The molecule has 0 bridgehead atoms. The van der Waals surface area contributed by atoms with Gasteiger partial charge < -0.3 is 25.5 Å². The summed E-state index contributed by atoms with van der Waals surface area (Å²) in [5, 5.41) is 47.1. The SMILES string of the molecule is O=S(=O)([O-])c1c(Nc2cc(F)nc(F)n2)ccc2c(O)c(N=Nc3ccc(S(=O)(=O)CCOSOO[O-])cc3)c(SOO[O-])cc12.[Na+].[Na+].[Na+]. The van der Waals surface area contributed by atoms with Crippen LogP contribution in [0.25, 0.3) is 10.8 Å². The smallest absolute Gasteiger partial charge is 0.744 e. The van der Waals surface area contributed by atoms with Gasteiger partial charge in [-0.2, -0.15) is 28.2 Å². The summed E-state index contributed by atoms with van der Waals surface area (Å²) < 4.78 is 102. The number of aromatic hydroxyl groups is 1. The number of aromatic nitrogens is 2. The molecule has 3 aromatic carbocycles. The van der Waals surface area contributed by atoms with E-state index in [-0.39, 0.29) is 141 Å². The van der Waals surface area contributed by atoms with E-state index in [1.807, 2.05) is 0 Å². The number of hydrogen-bond acceptors (Lipinski definition) is 20. The van der Waals surface area contributed by atoms with E-state index in [1.165, 1.54) is 24.3 Å². The number of benzene rings is 3. The Labute approximate surface area is 350 Å². The summed E-state index contributed by atoms with van der Waals surface area (Å²) in [5.74, 6) is -3.09. The van der Waals surface area contributed by atoms with Crippen molar-refractivity contribution < 1.29 is 157 Å². The van der Waals surface area contributed by atoms with Crippen LogP contribution < -0.4 is 105 Å². The first kappa shape index (κ1) is 46.4. The molecule has 0 fully saturated rings. The first-order chi connectivity index (χ1) is 21.8. The molecule has 1 aromatic heterocycles. The number of rotatable bonds is 15. The molecule has 0 amide bonds. The van der Waals surface area contributed by atoms with Crippen molar-refractivity contribution in [2.45, 2.75) is 14.7 Å². The summed E-state index contributed by atoms with van der Waals surface area (Å²) in [4.78, 5) is 4.68. The normalized spacial score (nSPS) is 11.5. The average molecular weight is 792 g/mol. The van der Waals surface area contributed by atoms with Crippen molar-refractivity contribution in [2.24, 2.45) is 10.2 Å². The molecule has 0 radical (unpaired) electrons. The zero-order valence-corrected chi connectivity index (χ0v) is 34.3. The monoisotopic (exact) mass is 791 g/mol. The molecule has 49 heavy (non-hydrogen) atoms. The van der Waals surface area contributed by atoms with Crippen molar-refractivity contribution in [1.29, 1.82) is 0 Å². The van der Waals surface area contributed by atoms with E-state index < -0.39 is 71.0 Å². The Kier molecular flexibility index (Phi) is 20.0. The average Bonchev–Trinajstić information content (AvgIpc) is 2.98. The van der Waals surface area contributed by atoms with Crippen LogP contribution in [0.2, 0.25) is 0 Å². The number of nitrogens with zero attached hydrogens (tertiary/aromatic N) is 4. The third kappa shape index (κ3) is 12.8. The number of halogens is 2. The summed E-state index contributed by atoms with van der Waals surface area (Å²) in [6, 6.07) is 8.62. The molecule has 2 N–H and O–H groups in total. The van der Waals surface area contributed by atoms with Gasteiger partial charge in [-0.1, -0.05) is 0 Å². The quantitative estimate of drug-likeness (QED) is 0.0130. The number of sulfone groups is 1. The number of anilines is 2.